The number of nitrogens with zero attached hydrogens (tertiary/aromatic N) is 1. The minimum absolute atomic E-state index is 0.253. The van der Waals surface area contributed by atoms with Crippen molar-refractivity contribution in [2.24, 2.45) is 0 Å². The van der Waals surface area contributed by atoms with Crippen LogP contribution in [0, 0.1) is 0 Å². The molecular formula is C15H27NO2S. The number of hydrogen-bond donors (Lipinski definition) is 0. The Morgan fingerprint density at radius 1 is 1.05 bits per heavy atom. The van der Waals surface area contributed by atoms with Gasteiger partial charge in [-0.3, -0.25) is 9.00 Å². The molecule has 1 aliphatic rings. The van der Waals surface area contributed by atoms with Gasteiger partial charge in [0.25, 0.3) is 0 Å². The minimum atomic E-state index is -0.691. The summed E-state index contributed by atoms with van der Waals surface area (Å²) in [5.74, 6) is 1.58. The van der Waals surface area contributed by atoms with Gasteiger partial charge in [0.15, 0.2) is 0 Å². The lowest BCUT2D eigenvalue weighted by molar-refractivity contribution is -0.130. The van der Waals surface area contributed by atoms with E-state index < -0.39 is 10.8 Å². The fraction of sp³-hybridized carbons (Fsp3) is 0.800. The summed E-state index contributed by atoms with van der Waals surface area (Å²) in [5, 5.41) is 0. The number of hydrogen-bond acceptors (Lipinski definition) is 2. The smallest absolute Gasteiger partial charge is 0.222 e. The van der Waals surface area contributed by atoms with Crippen molar-refractivity contribution in [1.82, 2.24) is 4.90 Å². The van der Waals surface area contributed by atoms with Crippen LogP contribution in [0.1, 0.15) is 51.4 Å². The Morgan fingerprint density at radius 2 is 1.63 bits per heavy atom. The second-order valence-electron chi connectivity index (χ2n) is 5.18. The van der Waals surface area contributed by atoms with Crippen LogP contribution in [0.5, 0.6) is 0 Å². The highest BCUT2D eigenvalue weighted by molar-refractivity contribution is 7.85. The zero-order chi connectivity index (χ0) is 13.9. The van der Waals surface area contributed by atoms with Crippen LogP contribution in [-0.4, -0.2) is 39.6 Å². The Bertz CT molecular complexity index is 295. The summed E-state index contributed by atoms with van der Waals surface area (Å²) < 4.78 is 11.2. The van der Waals surface area contributed by atoms with Crippen LogP contribution in [-0.2, 0) is 15.6 Å². The first kappa shape index (κ1) is 16.4. The van der Waals surface area contributed by atoms with Crippen molar-refractivity contribution < 1.29 is 9.00 Å². The molecule has 0 spiro atoms. The lowest BCUT2D eigenvalue weighted by Gasteiger charge is -2.26. The molecule has 0 bridgehead atoms. The number of carbonyl (C=O) groups excluding carboxylic acids is 1. The van der Waals surface area contributed by atoms with Crippen molar-refractivity contribution in [3.63, 3.8) is 0 Å². The maximum absolute atomic E-state index is 11.9. The van der Waals surface area contributed by atoms with E-state index in [0.717, 1.165) is 19.3 Å². The Balaban J connectivity index is 1.95. The van der Waals surface area contributed by atoms with E-state index in [1.165, 1.54) is 25.7 Å². The van der Waals surface area contributed by atoms with Gasteiger partial charge in [0.05, 0.1) is 0 Å². The Hall–Kier alpha value is -0.640. The third-order valence-corrected chi connectivity index (χ3v) is 4.86. The molecule has 110 valence electrons. The molecule has 1 heterocycles. The normalized spacial score (nSPS) is 16.5. The van der Waals surface area contributed by atoms with Crippen molar-refractivity contribution in [2.45, 2.75) is 51.4 Å². The van der Waals surface area contributed by atoms with Crippen LogP contribution >= 0.6 is 0 Å². The number of carbonyl (C=O) groups is 1. The maximum atomic E-state index is 11.9. The van der Waals surface area contributed by atoms with Gasteiger partial charge in [-0.15, -0.1) is 6.58 Å². The summed E-state index contributed by atoms with van der Waals surface area (Å²) in [5.41, 5.74) is 0. The monoisotopic (exact) mass is 285 g/mol. The molecule has 1 fully saturated rings. The molecule has 0 aromatic heterocycles. The van der Waals surface area contributed by atoms with Crippen molar-refractivity contribution >= 4 is 16.7 Å². The molecule has 3 nitrogen and oxygen atoms in total. The summed E-state index contributed by atoms with van der Waals surface area (Å²) in [4.78, 5) is 13.8. The molecular weight excluding hydrogens is 258 g/mol. The van der Waals surface area contributed by atoms with Gasteiger partial charge in [0, 0.05) is 41.8 Å². The first-order chi connectivity index (χ1) is 9.24. The molecule has 0 N–H and O–H groups in total. The van der Waals surface area contributed by atoms with E-state index in [1.807, 2.05) is 11.0 Å². The lowest BCUT2D eigenvalue weighted by atomic mass is 10.1. The highest BCUT2D eigenvalue weighted by Crippen LogP contribution is 2.10. The van der Waals surface area contributed by atoms with E-state index in [4.69, 9.17) is 0 Å². The van der Waals surface area contributed by atoms with Crippen LogP contribution in [0.2, 0.25) is 0 Å². The van der Waals surface area contributed by atoms with Gasteiger partial charge >= 0.3 is 0 Å². The second-order valence-corrected chi connectivity index (χ2v) is 6.87. The number of rotatable bonds is 9. The van der Waals surface area contributed by atoms with E-state index in [1.54, 1.807) is 0 Å². The molecule has 4 heteroatoms. The topological polar surface area (TPSA) is 37.4 Å². The standard InChI is InChI=1S/C15H27NO2S/c1-2-3-4-5-6-7-8-9-10-15(17)16-11-13-19(18)14-12-16/h2H,1,3-14H2. The maximum Gasteiger partial charge on any atom is 0.222 e. The van der Waals surface area contributed by atoms with Crippen LogP contribution < -0.4 is 0 Å². The summed E-state index contributed by atoms with van der Waals surface area (Å²) in [6.45, 7) is 5.09. The van der Waals surface area contributed by atoms with Gasteiger partial charge in [-0.05, 0) is 19.3 Å². The number of amides is 1. The molecule has 0 aliphatic carbocycles. The van der Waals surface area contributed by atoms with Gasteiger partial charge < -0.3 is 4.90 Å². The summed E-state index contributed by atoms with van der Waals surface area (Å²) >= 11 is 0. The molecule has 19 heavy (non-hydrogen) atoms. The summed E-state index contributed by atoms with van der Waals surface area (Å²) in [6, 6.07) is 0. The zero-order valence-corrected chi connectivity index (χ0v) is 12.8. The van der Waals surface area contributed by atoms with Crippen LogP contribution in [0.15, 0.2) is 12.7 Å². The Kier molecular flexibility index (Phi) is 8.80. The first-order valence-electron chi connectivity index (χ1n) is 7.47. The minimum Gasteiger partial charge on any atom is -0.341 e. The third kappa shape index (κ3) is 7.51. The molecule has 1 saturated heterocycles. The quantitative estimate of drug-likeness (QED) is 0.482. The predicted molar refractivity (Wildman–Crippen MR) is 81.6 cm³/mol. The van der Waals surface area contributed by atoms with Crippen LogP contribution in [0.3, 0.4) is 0 Å². The zero-order valence-electron chi connectivity index (χ0n) is 11.9. The van der Waals surface area contributed by atoms with Crippen molar-refractivity contribution in [2.75, 3.05) is 24.6 Å². The van der Waals surface area contributed by atoms with Crippen molar-refractivity contribution in [1.29, 1.82) is 0 Å². The van der Waals surface area contributed by atoms with Gasteiger partial charge in [0.2, 0.25) is 5.91 Å². The van der Waals surface area contributed by atoms with Crippen LogP contribution in [0.4, 0.5) is 0 Å². The van der Waals surface area contributed by atoms with Gasteiger partial charge in [-0.25, -0.2) is 0 Å². The largest absolute Gasteiger partial charge is 0.341 e. The van der Waals surface area contributed by atoms with Gasteiger partial charge in [-0.2, -0.15) is 0 Å². The van der Waals surface area contributed by atoms with Crippen molar-refractivity contribution in [3.8, 4) is 0 Å². The predicted octanol–water partition coefficient (Wildman–Crippen LogP) is 2.88. The fourth-order valence-electron chi connectivity index (χ4n) is 2.32. The fourth-order valence-corrected chi connectivity index (χ4v) is 3.37. The third-order valence-electron chi connectivity index (χ3n) is 3.58. The SMILES string of the molecule is C=CCCCCCCCCC(=O)N1CCS(=O)CC1. The number of allylic oxidation sites excluding steroid dienone is 1. The van der Waals surface area contributed by atoms with E-state index in [-0.39, 0.29) is 5.91 Å². The second kappa shape index (κ2) is 10.2. The molecule has 1 aliphatic heterocycles. The van der Waals surface area contributed by atoms with E-state index in [9.17, 15) is 9.00 Å². The van der Waals surface area contributed by atoms with Gasteiger partial charge in [0.1, 0.15) is 0 Å². The molecule has 0 saturated carbocycles. The average molecular weight is 285 g/mol. The van der Waals surface area contributed by atoms with Gasteiger partial charge in [-0.1, -0.05) is 31.8 Å². The molecule has 1 amide bonds. The summed E-state index contributed by atoms with van der Waals surface area (Å²) in [7, 11) is -0.691. The molecule has 1 rings (SSSR count). The number of unbranched alkanes of at least 4 members (excludes halogenated alkanes) is 6. The highest BCUT2D eigenvalue weighted by Gasteiger charge is 2.19. The molecule has 0 radical (unpaired) electrons. The molecule has 0 aromatic carbocycles. The molecule has 0 unspecified atom stereocenters. The van der Waals surface area contributed by atoms with Crippen molar-refractivity contribution in [3.05, 3.63) is 12.7 Å². The van der Waals surface area contributed by atoms with E-state index in [0.29, 0.717) is 31.0 Å². The van der Waals surface area contributed by atoms with E-state index in [2.05, 4.69) is 6.58 Å². The molecule has 0 atom stereocenters. The Labute approximate surface area is 119 Å². The Morgan fingerprint density at radius 3 is 2.26 bits per heavy atom. The summed E-state index contributed by atoms with van der Waals surface area (Å²) in [6.07, 6.45) is 10.9. The molecule has 0 aromatic rings. The van der Waals surface area contributed by atoms with Crippen LogP contribution in [0.25, 0.3) is 0 Å². The lowest BCUT2D eigenvalue weighted by Crippen LogP contribution is -2.41. The first-order valence-corrected chi connectivity index (χ1v) is 8.96. The average Bonchev–Trinajstić information content (AvgIpc) is 2.42. The highest BCUT2D eigenvalue weighted by atomic mass is 32.2. The van der Waals surface area contributed by atoms with E-state index >= 15 is 0 Å².